The molecule has 1 fully saturated rings. The van der Waals surface area contributed by atoms with Crippen LogP contribution in [-0.4, -0.2) is 22.8 Å². The Labute approximate surface area is 183 Å². The number of hydrogen-bond donors (Lipinski definition) is 2. The standard InChI is InChI=1S/C24H18ClN3O3/c25-19-12-15(9-10-17(19)23(29)26-14-7-8-14)27-24(30)18-13-21(22-6-3-11-31-22)28-20-5-2-1-4-16(18)20/h1-6,9-14H,7-8H2,(H,26,29)(H,27,30). The molecule has 31 heavy (non-hydrogen) atoms. The molecule has 2 aromatic heterocycles. The second-order valence-corrected chi connectivity index (χ2v) is 7.85. The number of carbonyl (C=O) groups is 2. The minimum atomic E-state index is -0.308. The van der Waals surface area contributed by atoms with Gasteiger partial charge >= 0.3 is 0 Å². The number of rotatable bonds is 5. The third kappa shape index (κ3) is 4.02. The monoisotopic (exact) mass is 431 g/mol. The summed E-state index contributed by atoms with van der Waals surface area (Å²) in [6.07, 6.45) is 3.56. The molecule has 0 spiro atoms. The Hall–Kier alpha value is -3.64. The highest BCUT2D eigenvalue weighted by Crippen LogP contribution is 2.27. The average Bonchev–Trinajstić information content (AvgIpc) is 3.40. The summed E-state index contributed by atoms with van der Waals surface area (Å²) in [6.45, 7) is 0. The first-order valence-electron chi connectivity index (χ1n) is 9.94. The highest BCUT2D eigenvalue weighted by molar-refractivity contribution is 6.34. The van der Waals surface area contributed by atoms with E-state index in [2.05, 4.69) is 15.6 Å². The number of halogens is 1. The fourth-order valence-corrected chi connectivity index (χ4v) is 3.65. The van der Waals surface area contributed by atoms with E-state index in [4.69, 9.17) is 16.0 Å². The topological polar surface area (TPSA) is 84.2 Å². The van der Waals surface area contributed by atoms with E-state index in [1.54, 1.807) is 42.7 Å². The summed E-state index contributed by atoms with van der Waals surface area (Å²) >= 11 is 6.31. The zero-order chi connectivity index (χ0) is 21.4. The maximum atomic E-state index is 13.1. The minimum Gasteiger partial charge on any atom is -0.463 e. The second-order valence-electron chi connectivity index (χ2n) is 7.45. The van der Waals surface area contributed by atoms with Crippen LogP contribution in [0.4, 0.5) is 5.69 Å². The number of para-hydroxylation sites is 1. The van der Waals surface area contributed by atoms with Crippen LogP contribution in [-0.2, 0) is 0 Å². The molecule has 1 aliphatic rings. The quantitative estimate of drug-likeness (QED) is 0.449. The molecule has 1 saturated carbocycles. The lowest BCUT2D eigenvalue weighted by atomic mass is 10.1. The Morgan fingerprint density at radius 2 is 1.81 bits per heavy atom. The van der Waals surface area contributed by atoms with Crippen LogP contribution >= 0.6 is 11.6 Å². The van der Waals surface area contributed by atoms with Gasteiger partial charge in [-0.2, -0.15) is 0 Å². The van der Waals surface area contributed by atoms with Crippen molar-refractivity contribution >= 4 is 40.0 Å². The fraction of sp³-hybridized carbons (Fsp3) is 0.125. The molecule has 0 saturated heterocycles. The van der Waals surface area contributed by atoms with Gasteiger partial charge in [-0.15, -0.1) is 0 Å². The summed E-state index contributed by atoms with van der Waals surface area (Å²) in [7, 11) is 0. The van der Waals surface area contributed by atoms with E-state index in [0.717, 1.165) is 18.2 Å². The van der Waals surface area contributed by atoms with Crippen molar-refractivity contribution in [3.8, 4) is 11.5 Å². The zero-order valence-electron chi connectivity index (χ0n) is 16.4. The van der Waals surface area contributed by atoms with Gasteiger partial charge in [0.1, 0.15) is 5.69 Å². The number of anilines is 1. The van der Waals surface area contributed by atoms with E-state index in [9.17, 15) is 9.59 Å². The van der Waals surface area contributed by atoms with Crippen molar-refractivity contribution in [1.82, 2.24) is 10.3 Å². The largest absolute Gasteiger partial charge is 0.463 e. The zero-order valence-corrected chi connectivity index (χ0v) is 17.1. The number of nitrogens with zero attached hydrogens (tertiary/aromatic N) is 1. The van der Waals surface area contributed by atoms with Crippen LogP contribution in [0, 0.1) is 0 Å². The third-order valence-corrected chi connectivity index (χ3v) is 5.43. The molecule has 2 N–H and O–H groups in total. The number of benzene rings is 2. The lowest BCUT2D eigenvalue weighted by Crippen LogP contribution is -2.25. The Balaban J connectivity index is 1.45. The Bertz CT molecular complexity index is 1300. The summed E-state index contributed by atoms with van der Waals surface area (Å²) in [6, 6.07) is 17.8. The van der Waals surface area contributed by atoms with Gasteiger partial charge in [0.25, 0.3) is 11.8 Å². The van der Waals surface area contributed by atoms with Crippen molar-refractivity contribution in [1.29, 1.82) is 0 Å². The first kappa shape index (κ1) is 19.3. The molecule has 6 nitrogen and oxygen atoms in total. The lowest BCUT2D eigenvalue weighted by molar-refractivity contribution is 0.0950. The van der Waals surface area contributed by atoms with Crippen LogP contribution < -0.4 is 10.6 Å². The number of nitrogens with one attached hydrogen (secondary N) is 2. The number of amides is 2. The van der Waals surface area contributed by atoms with Crippen LogP contribution in [0.3, 0.4) is 0 Å². The van der Waals surface area contributed by atoms with Crippen molar-refractivity contribution in [2.75, 3.05) is 5.32 Å². The number of aromatic nitrogens is 1. The van der Waals surface area contributed by atoms with E-state index in [-0.39, 0.29) is 22.9 Å². The van der Waals surface area contributed by atoms with Crippen molar-refractivity contribution in [3.05, 3.63) is 83.1 Å². The Kier molecular flexibility index (Phi) is 4.92. The number of hydrogen-bond acceptors (Lipinski definition) is 4. The summed E-state index contributed by atoms with van der Waals surface area (Å²) < 4.78 is 5.46. The van der Waals surface area contributed by atoms with Crippen molar-refractivity contribution < 1.29 is 14.0 Å². The van der Waals surface area contributed by atoms with Gasteiger partial charge in [-0.25, -0.2) is 4.98 Å². The molecule has 2 heterocycles. The summed E-state index contributed by atoms with van der Waals surface area (Å²) in [5.74, 6) is 0.0696. The molecular weight excluding hydrogens is 414 g/mol. The van der Waals surface area contributed by atoms with Crippen molar-refractivity contribution in [2.45, 2.75) is 18.9 Å². The smallest absolute Gasteiger partial charge is 0.256 e. The molecule has 5 rings (SSSR count). The molecule has 0 aliphatic heterocycles. The third-order valence-electron chi connectivity index (χ3n) is 5.12. The molecular formula is C24H18ClN3O3. The SMILES string of the molecule is O=C(NC1CC1)c1ccc(NC(=O)c2cc(-c3ccco3)nc3ccccc23)cc1Cl. The average molecular weight is 432 g/mol. The Morgan fingerprint density at radius 3 is 2.55 bits per heavy atom. The number of pyridine rings is 1. The summed E-state index contributed by atoms with van der Waals surface area (Å²) in [5.41, 5.74) is 2.61. The van der Waals surface area contributed by atoms with Gasteiger partial charge in [-0.3, -0.25) is 9.59 Å². The van der Waals surface area contributed by atoms with Gasteiger partial charge in [-0.1, -0.05) is 29.8 Å². The van der Waals surface area contributed by atoms with E-state index in [0.29, 0.717) is 33.8 Å². The maximum absolute atomic E-state index is 13.1. The molecule has 1 aliphatic carbocycles. The van der Waals surface area contributed by atoms with E-state index in [1.807, 2.05) is 24.3 Å². The maximum Gasteiger partial charge on any atom is 0.256 e. The number of fused-ring (bicyclic) bond motifs is 1. The minimum absolute atomic E-state index is 0.200. The molecule has 2 aromatic carbocycles. The number of carbonyl (C=O) groups excluding carboxylic acids is 2. The van der Waals surface area contributed by atoms with E-state index in [1.165, 1.54) is 0 Å². The van der Waals surface area contributed by atoms with Gasteiger partial charge in [0.15, 0.2) is 5.76 Å². The van der Waals surface area contributed by atoms with Crippen LogP contribution in [0.25, 0.3) is 22.4 Å². The summed E-state index contributed by atoms with van der Waals surface area (Å²) in [4.78, 5) is 30.0. The van der Waals surface area contributed by atoms with Crippen LogP contribution in [0.5, 0.6) is 0 Å². The van der Waals surface area contributed by atoms with Gasteiger partial charge in [0.2, 0.25) is 0 Å². The highest BCUT2D eigenvalue weighted by Gasteiger charge is 2.25. The van der Waals surface area contributed by atoms with Crippen molar-refractivity contribution in [3.63, 3.8) is 0 Å². The van der Waals surface area contributed by atoms with Crippen LogP contribution in [0.1, 0.15) is 33.6 Å². The van der Waals surface area contributed by atoms with Gasteiger partial charge in [0, 0.05) is 17.1 Å². The fourth-order valence-electron chi connectivity index (χ4n) is 3.38. The molecule has 4 aromatic rings. The number of furan rings is 1. The first-order valence-corrected chi connectivity index (χ1v) is 10.3. The molecule has 2 amide bonds. The molecule has 0 bridgehead atoms. The first-order chi connectivity index (χ1) is 15.1. The molecule has 154 valence electrons. The van der Waals surface area contributed by atoms with Crippen LogP contribution in [0.15, 0.2) is 71.3 Å². The second kappa shape index (κ2) is 7.89. The molecule has 0 unspecified atom stereocenters. The van der Waals surface area contributed by atoms with Gasteiger partial charge in [0.05, 0.1) is 27.9 Å². The Morgan fingerprint density at radius 1 is 0.968 bits per heavy atom. The normalized spacial score (nSPS) is 13.2. The molecule has 7 heteroatoms. The van der Waals surface area contributed by atoms with Gasteiger partial charge < -0.3 is 15.1 Å². The lowest BCUT2D eigenvalue weighted by Gasteiger charge is -2.11. The predicted molar refractivity (Wildman–Crippen MR) is 119 cm³/mol. The molecule has 0 radical (unpaired) electrons. The van der Waals surface area contributed by atoms with Crippen LogP contribution in [0.2, 0.25) is 5.02 Å². The molecule has 0 atom stereocenters. The van der Waals surface area contributed by atoms with E-state index >= 15 is 0 Å². The highest BCUT2D eigenvalue weighted by atomic mass is 35.5. The van der Waals surface area contributed by atoms with E-state index < -0.39 is 0 Å². The van der Waals surface area contributed by atoms with Gasteiger partial charge in [-0.05, 0) is 55.3 Å². The predicted octanol–water partition coefficient (Wildman–Crippen LogP) is 5.29. The van der Waals surface area contributed by atoms with Crippen molar-refractivity contribution in [2.24, 2.45) is 0 Å². The summed E-state index contributed by atoms with van der Waals surface area (Å²) in [5, 5.41) is 6.79.